The molecule has 0 radical (unpaired) electrons. The average Bonchev–Trinajstić information content (AvgIpc) is 2.29. The molecule has 1 heterocycles. The number of ether oxygens (including phenoxy) is 1. The highest BCUT2D eigenvalue weighted by atomic mass is 16.5. The van der Waals surface area contributed by atoms with Crippen LogP contribution in [0.2, 0.25) is 0 Å². The second kappa shape index (κ2) is 6.27. The molecule has 90 valence electrons. The van der Waals surface area contributed by atoms with Crippen molar-refractivity contribution in [2.45, 2.75) is 26.3 Å². The van der Waals surface area contributed by atoms with Crippen LogP contribution in [-0.4, -0.2) is 36.2 Å². The fourth-order valence-corrected chi connectivity index (χ4v) is 1.44. The number of anilines is 1. The first kappa shape index (κ1) is 12.7. The normalized spacial score (nSPS) is 10.6. The minimum absolute atomic E-state index is 0.346. The summed E-state index contributed by atoms with van der Waals surface area (Å²) < 4.78 is 5.09. The largest absolute Gasteiger partial charge is 0.481 e. The van der Waals surface area contributed by atoms with Crippen LogP contribution in [-0.2, 0) is 0 Å². The van der Waals surface area contributed by atoms with Gasteiger partial charge >= 0.3 is 0 Å². The summed E-state index contributed by atoms with van der Waals surface area (Å²) in [7, 11) is 1.60. The van der Waals surface area contributed by atoms with E-state index in [4.69, 9.17) is 10.5 Å². The maximum Gasteiger partial charge on any atom is 0.228 e. The Kier molecular flexibility index (Phi) is 4.98. The number of nitrogens with two attached hydrogens (primary N) is 1. The van der Waals surface area contributed by atoms with E-state index >= 15 is 0 Å². The Morgan fingerprint density at radius 1 is 1.50 bits per heavy atom. The molecule has 2 N–H and O–H groups in total. The van der Waals surface area contributed by atoms with Crippen LogP contribution in [0.3, 0.4) is 0 Å². The Bertz CT molecular complexity index is 317. The van der Waals surface area contributed by atoms with Crippen molar-refractivity contribution in [3.05, 3.63) is 12.3 Å². The van der Waals surface area contributed by atoms with E-state index in [2.05, 4.69) is 28.7 Å². The van der Waals surface area contributed by atoms with Crippen LogP contribution in [0.5, 0.6) is 5.88 Å². The van der Waals surface area contributed by atoms with E-state index < -0.39 is 0 Å². The predicted octanol–water partition coefficient (Wildman–Crippen LogP) is 1.05. The van der Waals surface area contributed by atoms with E-state index in [-0.39, 0.29) is 0 Å². The molecule has 0 saturated heterocycles. The third-order valence-electron chi connectivity index (χ3n) is 2.31. The molecule has 0 aliphatic heterocycles. The van der Waals surface area contributed by atoms with Gasteiger partial charge in [0.2, 0.25) is 11.8 Å². The van der Waals surface area contributed by atoms with E-state index in [0.717, 1.165) is 13.0 Å². The highest BCUT2D eigenvalue weighted by Crippen LogP contribution is 2.14. The van der Waals surface area contributed by atoms with E-state index in [9.17, 15) is 0 Å². The summed E-state index contributed by atoms with van der Waals surface area (Å²) in [4.78, 5) is 10.7. The van der Waals surface area contributed by atoms with Crippen molar-refractivity contribution in [3.63, 3.8) is 0 Å². The first-order chi connectivity index (χ1) is 7.69. The summed E-state index contributed by atoms with van der Waals surface area (Å²) in [6.45, 7) is 5.76. The van der Waals surface area contributed by atoms with Crippen molar-refractivity contribution in [1.82, 2.24) is 9.97 Å². The van der Waals surface area contributed by atoms with Crippen LogP contribution in [0.4, 0.5) is 5.95 Å². The number of nitrogens with zero attached hydrogens (tertiary/aromatic N) is 3. The van der Waals surface area contributed by atoms with Crippen molar-refractivity contribution in [2.24, 2.45) is 5.73 Å². The molecular formula is C11H20N4O. The van der Waals surface area contributed by atoms with Crippen molar-refractivity contribution >= 4 is 5.95 Å². The zero-order valence-electron chi connectivity index (χ0n) is 10.2. The number of methoxy groups -OCH3 is 1. The molecule has 0 atom stereocenters. The molecule has 16 heavy (non-hydrogen) atoms. The molecule has 0 saturated carbocycles. The maximum absolute atomic E-state index is 5.52. The zero-order valence-corrected chi connectivity index (χ0v) is 10.2. The van der Waals surface area contributed by atoms with Crippen LogP contribution >= 0.6 is 0 Å². The van der Waals surface area contributed by atoms with Crippen LogP contribution in [0.15, 0.2) is 12.3 Å². The summed E-state index contributed by atoms with van der Waals surface area (Å²) in [6.07, 6.45) is 2.64. The number of hydrogen-bond donors (Lipinski definition) is 1. The Morgan fingerprint density at radius 3 is 2.81 bits per heavy atom. The van der Waals surface area contributed by atoms with E-state index in [1.54, 1.807) is 19.4 Å². The van der Waals surface area contributed by atoms with Gasteiger partial charge in [0.05, 0.1) is 7.11 Å². The minimum atomic E-state index is 0.346. The molecule has 0 aliphatic carbocycles. The van der Waals surface area contributed by atoms with Gasteiger partial charge in [-0.1, -0.05) is 0 Å². The zero-order chi connectivity index (χ0) is 12.0. The van der Waals surface area contributed by atoms with Gasteiger partial charge in [0.15, 0.2) is 0 Å². The molecule has 0 amide bonds. The van der Waals surface area contributed by atoms with Gasteiger partial charge in [0.25, 0.3) is 0 Å². The molecule has 0 unspecified atom stereocenters. The van der Waals surface area contributed by atoms with Crippen LogP contribution in [0.25, 0.3) is 0 Å². The standard InChI is InChI=1S/C11H20N4O/c1-9(2)15(8-4-6-12)11-13-7-5-10(14-11)16-3/h5,7,9H,4,6,8,12H2,1-3H3. The van der Waals surface area contributed by atoms with Gasteiger partial charge in [-0.2, -0.15) is 4.98 Å². The lowest BCUT2D eigenvalue weighted by Gasteiger charge is -2.26. The highest BCUT2D eigenvalue weighted by Gasteiger charge is 2.13. The maximum atomic E-state index is 5.52. The molecule has 0 spiro atoms. The molecule has 0 fully saturated rings. The van der Waals surface area contributed by atoms with E-state index in [1.165, 1.54) is 0 Å². The molecule has 5 nitrogen and oxygen atoms in total. The van der Waals surface area contributed by atoms with Gasteiger partial charge in [-0.15, -0.1) is 0 Å². The summed E-state index contributed by atoms with van der Waals surface area (Å²) >= 11 is 0. The molecule has 1 aromatic heterocycles. The molecule has 0 aliphatic rings. The van der Waals surface area contributed by atoms with Crippen LogP contribution in [0, 0.1) is 0 Å². The second-order valence-electron chi connectivity index (χ2n) is 3.83. The number of rotatable bonds is 6. The third kappa shape index (κ3) is 3.34. The van der Waals surface area contributed by atoms with Crippen molar-refractivity contribution in [3.8, 4) is 5.88 Å². The molecule has 0 aromatic carbocycles. The van der Waals surface area contributed by atoms with Crippen molar-refractivity contribution in [1.29, 1.82) is 0 Å². The summed E-state index contributed by atoms with van der Waals surface area (Å²) in [5.41, 5.74) is 5.52. The van der Waals surface area contributed by atoms with E-state index in [0.29, 0.717) is 24.4 Å². The van der Waals surface area contributed by atoms with Gasteiger partial charge in [-0.3, -0.25) is 0 Å². The molecule has 5 heteroatoms. The average molecular weight is 224 g/mol. The number of hydrogen-bond acceptors (Lipinski definition) is 5. The van der Waals surface area contributed by atoms with Crippen LogP contribution < -0.4 is 15.4 Å². The molecule has 0 bridgehead atoms. The lowest BCUT2D eigenvalue weighted by atomic mass is 10.3. The second-order valence-corrected chi connectivity index (χ2v) is 3.83. The lowest BCUT2D eigenvalue weighted by molar-refractivity contribution is 0.396. The van der Waals surface area contributed by atoms with E-state index in [1.807, 2.05) is 0 Å². The Balaban J connectivity index is 2.82. The number of aromatic nitrogens is 2. The van der Waals surface area contributed by atoms with Crippen LogP contribution in [0.1, 0.15) is 20.3 Å². The summed E-state index contributed by atoms with van der Waals surface area (Å²) in [5, 5.41) is 0. The first-order valence-corrected chi connectivity index (χ1v) is 5.52. The monoisotopic (exact) mass is 224 g/mol. The topological polar surface area (TPSA) is 64.3 Å². The first-order valence-electron chi connectivity index (χ1n) is 5.52. The molecular weight excluding hydrogens is 204 g/mol. The quantitative estimate of drug-likeness (QED) is 0.782. The SMILES string of the molecule is COc1ccnc(N(CCCN)C(C)C)n1. The molecule has 1 aromatic rings. The Labute approximate surface area is 96.6 Å². The van der Waals surface area contributed by atoms with Gasteiger partial charge in [-0.25, -0.2) is 4.98 Å². The minimum Gasteiger partial charge on any atom is -0.481 e. The summed E-state index contributed by atoms with van der Waals surface area (Å²) in [5.74, 6) is 1.28. The smallest absolute Gasteiger partial charge is 0.228 e. The van der Waals surface area contributed by atoms with Crippen molar-refractivity contribution < 1.29 is 4.74 Å². The lowest BCUT2D eigenvalue weighted by Crippen LogP contribution is -2.34. The Morgan fingerprint density at radius 2 is 2.25 bits per heavy atom. The van der Waals surface area contributed by atoms with Gasteiger partial charge < -0.3 is 15.4 Å². The Hall–Kier alpha value is -1.36. The van der Waals surface area contributed by atoms with Gasteiger partial charge in [0.1, 0.15) is 0 Å². The fourth-order valence-electron chi connectivity index (χ4n) is 1.44. The molecule has 1 rings (SSSR count). The summed E-state index contributed by atoms with van der Waals surface area (Å²) in [6, 6.07) is 2.09. The van der Waals surface area contributed by atoms with Gasteiger partial charge in [-0.05, 0) is 26.8 Å². The third-order valence-corrected chi connectivity index (χ3v) is 2.31. The fraction of sp³-hybridized carbons (Fsp3) is 0.636. The van der Waals surface area contributed by atoms with Crippen molar-refractivity contribution in [2.75, 3.05) is 25.1 Å². The highest BCUT2D eigenvalue weighted by molar-refractivity contribution is 5.32. The predicted molar refractivity (Wildman–Crippen MR) is 64.7 cm³/mol. The van der Waals surface area contributed by atoms with Gasteiger partial charge in [0, 0.05) is 24.8 Å².